The van der Waals surface area contributed by atoms with Crippen molar-refractivity contribution in [3.63, 3.8) is 0 Å². The molecule has 0 aliphatic heterocycles. The van der Waals surface area contributed by atoms with E-state index in [2.05, 4.69) is 10.6 Å². The molecule has 8 nitrogen and oxygen atoms in total. The second kappa shape index (κ2) is 9.56. The molecule has 0 unspecified atom stereocenters. The number of methoxy groups -OCH3 is 1. The SMILES string of the molecule is COc1ccccc1N(C)S(=O)(=O)c1ccc(C(=O)Nc2cccc(C(=O)NC3CC3)c2)cc1. The van der Waals surface area contributed by atoms with Crippen LogP contribution in [0.2, 0.25) is 0 Å². The zero-order valence-electron chi connectivity index (χ0n) is 18.8. The van der Waals surface area contributed by atoms with Crippen LogP contribution in [0.4, 0.5) is 11.4 Å². The maximum Gasteiger partial charge on any atom is 0.264 e. The first-order valence-electron chi connectivity index (χ1n) is 10.7. The summed E-state index contributed by atoms with van der Waals surface area (Å²) in [6.45, 7) is 0. The van der Waals surface area contributed by atoms with Crippen LogP contribution in [0.25, 0.3) is 0 Å². The molecule has 1 aliphatic carbocycles. The first-order chi connectivity index (χ1) is 16.3. The van der Waals surface area contributed by atoms with E-state index in [9.17, 15) is 18.0 Å². The molecule has 0 saturated heterocycles. The number of benzene rings is 3. The summed E-state index contributed by atoms with van der Waals surface area (Å²) in [4.78, 5) is 25.0. The molecule has 176 valence electrons. The Kier molecular flexibility index (Phi) is 6.56. The highest BCUT2D eigenvalue weighted by Gasteiger charge is 2.25. The average molecular weight is 480 g/mol. The fourth-order valence-corrected chi connectivity index (χ4v) is 4.60. The van der Waals surface area contributed by atoms with Crippen molar-refractivity contribution < 1.29 is 22.7 Å². The molecule has 3 aromatic rings. The molecule has 3 aromatic carbocycles. The molecular formula is C25H25N3O5S. The normalized spacial score (nSPS) is 13.1. The summed E-state index contributed by atoms with van der Waals surface area (Å²) < 4.78 is 32.6. The van der Waals surface area contributed by atoms with Crippen LogP contribution in [-0.2, 0) is 10.0 Å². The van der Waals surface area contributed by atoms with E-state index in [4.69, 9.17) is 4.74 Å². The summed E-state index contributed by atoms with van der Waals surface area (Å²) in [6.07, 6.45) is 1.98. The highest BCUT2D eigenvalue weighted by atomic mass is 32.2. The van der Waals surface area contributed by atoms with Crippen molar-refractivity contribution in [1.82, 2.24) is 5.32 Å². The van der Waals surface area contributed by atoms with Gasteiger partial charge in [0.1, 0.15) is 5.75 Å². The van der Waals surface area contributed by atoms with Crippen molar-refractivity contribution in [3.8, 4) is 5.75 Å². The number of amides is 2. The maximum atomic E-state index is 13.1. The number of rotatable bonds is 8. The lowest BCUT2D eigenvalue weighted by atomic mass is 10.1. The van der Waals surface area contributed by atoms with Crippen LogP contribution < -0.4 is 19.7 Å². The predicted molar refractivity (Wildman–Crippen MR) is 130 cm³/mol. The molecule has 0 atom stereocenters. The first-order valence-corrected chi connectivity index (χ1v) is 12.2. The molecule has 9 heteroatoms. The van der Waals surface area contributed by atoms with Crippen molar-refractivity contribution in [3.05, 3.63) is 83.9 Å². The van der Waals surface area contributed by atoms with E-state index in [-0.39, 0.29) is 22.4 Å². The molecule has 2 N–H and O–H groups in total. The van der Waals surface area contributed by atoms with E-state index in [1.807, 2.05) is 0 Å². The molecule has 2 amide bonds. The number of sulfonamides is 1. The van der Waals surface area contributed by atoms with Crippen LogP contribution in [0, 0.1) is 0 Å². The topological polar surface area (TPSA) is 105 Å². The number of hydrogen-bond acceptors (Lipinski definition) is 5. The van der Waals surface area contributed by atoms with Crippen LogP contribution in [0.5, 0.6) is 5.75 Å². The van der Waals surface area contributed by atoms with Crippen LogP contribution in [0.15, 0.2) is 77.7 Å². The number of carbonyl (C=O) groups excluding carboxylic acids is 2. The summed E-state index contributed by atoms with van der Waals surface area (Å²) in [6, 6.07) is 19.4. The molecule has 0 radical (unpaired) electrons. The number of nitrogens with zero attached hydrogens (tertiary/aromatic N) is 1. The Labute approximate surface area is 198 Å². The molecule has 1 saturated carbocycles. The summed E-state index contributed by atoms with van der Waals surface area (Å²) in [5, 5.41) is 5.66. The lowest BCUT2D eigenvalue weighted by molar-refractivity contribution is 0.0949. The third kappa shape index (κ3) is 5.04. The Morgan fingerprint density at radius 2 is 1.62 bits per heavy atom. The van der Waals surface area contributed by atoms with Gasteiger partial charge in [0.2, 0.25) is 0 Å². The zero-order chi connectivity index (χ0) is 24.3. The van der Waals surface area contributed by atoms with Gasteiger partial charge in [-0.05, 0) is 67.4 Å². The van der Waals surface area contributed by atoms with Gasteiger partial charge >= 0.3 is 0 Å². The zero-order valence-corrected chi connectivity index (χ0v) is 19.6. The van der Waals surface area contributed by atoms with E-state index < -0.39 is 15.9 Å². The smallest absolute Gasteiger partial charge is 0.264 e. The standard InChI is InChI=1S/C25H25N3O5S/c1-28(22-8-3-4-9-23(22)33-2)34(31,32)21-14-10-17(11-15-21)24(29)27-20-7-5-6-18(16-20)25(30)26-19-12-13-19/h3-11,14-16,19H,12-13H2,1-2H3,(H,26,30)(H,27,29). The van der Waals surface area contributed by atoms with Crippen molar-refractivity contribution >= 4 is 33.2 Å². The second-order valence-electron chi connectivity index (χ2n) is 7.95. The lowest BCUT2D eigenvalue weighted by Crippen LogP contribution is -2.27. The van der Waals surface area contributed by atoms with E-state index in [0.717, 1.165) is 17.1 Å². The highest BCUT2D eigenvalue weighted by molar-refractivity contribution is 7.92. The van der Waals surface area contributed by atoms with E-state index in [0.29, 0.717) is 22.7 Å². The van der Waals surface area contributed by atoms with Gasteiger partial charge in [0.25, 0.3) is 21.8 Å². The third-order valence-electron chi connectivity index (χ3n) is 5.49. The number of carbonyl (C=O) groups is 2. The number of hydrogen-bond donors (Lipinski definition) is 2. The molecule has 1 fully saturated rings. The fraction of sp³-hybridized carbons (Fsp3) is 0.200. The van der Waals surface area contributed by atoms with Gasteiger partial charge in [0.05, 0.1) is 17.7 Å². The number of para-hydroxylation sites is 2. The Morgan fingerprint density at radius 3 is 2.29 bits per heavy atom. The fourth-order valence-electron chi connectivity index (χ4n) is 3.39. The molecule has 4 rings (SSSR count). The quantitative estimate of drug-likeness (QED) is 0.513. The van der Waals surface area contributed by atoms with Crippen molar-refractivity contribution in [2.24, 2.45) is 0 Å². The third-order valence-corrected chi connectivity index (χ3v) is 7.28. The maximum absolute atomic E-state index is 13.1. The Balaban J connectivity index is 1.48. The number of ether oxygens (including phenoxy) is 1. The molecule has 0 aromatic heterocycles. The highest BCUT2D eigenvalue weighted by Crippen LogP contribution is 2.31. The van der Waals surface area contributed by atoms with Crippen molar-refractivity contribution in [1.29, 1.82) is 0 Å². The summed E-state index contributed by atoms with van der Waals surface area (Å²) in [5.74, 6) is -0.160. The molecule has 0 bridgehead atoms. The Bertz CT molecular complexity index is 1320. The van der Waals surface area contributed by atoms with Gasteiger partial charge in [-0.25, -0.2) is 8.42 Å². The Hall–Kier alpha value is -3.85. The molecule has 0 spiro atoms. The summed E-state index contributed by atoms with van der Waals surface area (Å²) >= 11 is 0. The van der Waals surface area contributed by atoms with Gasteiger partial charge in [0, 0.05) is 29.9 Å². The van der Waals surface area contributed by atoms with Crippen LogP contribution in [0.1, 0.15) is 33.6 Å². The summed E-state index contributed by atoms with van der Waals surface area (Å²) in [5.41, 5.74) is 1.62. The average Bonchev–Trinajstić information content (AvgIpc) is 3.67. The minimum atomic E-state index is -3.87. The van der Waals surface area contributed by atoms with E-state index in [1.165, 1.54) is 38.4 Å². The molecule has 1 aliphatic rings. The monoisotopic (exact) mass is 479 g/mol. The number of anilines is 2. The van der Waals surface area contributed by atoms with Crippen LogP contribution in [-0.4, -0.2) is 40.4 Å². The van der Waals surface area contributed by atoms with Crippen LogP contribution >= 0.6 is 0 Å². The van der Waals surface area contributed by atoms with Crippen molar-refractivity contribution in [2.75, 3.05) is 23.8 Å². The van der Waals surface area contributed by atoms with Crippen molar-refractivity contribution in [2.45, 2.75) is 23.8 Å². The first kappa shape index (κ1) is 23.3. The predicted octanol–water partition coefficient (Wildman–Crippen LogP) is 3.66. The van der Waals surface area contributed by atoms with Crippen LogP contribution in [0.3, 0.4) is 0 Å². The molecular weight excluding hydrogens is 454 g/mol. The van der Waals surface area contributed by atoms with Gasteiger partial charge in [-0.15, -0.1) is 0 Å². The van der Waals surface area contributed by atoms with Gasteiger partial charge in [-0.3, -0.25) is 13.9 Å². The largest absolute Gasteiger partial charge is 0.495 e. The molecule has 34 heavy (non-hydrogen) atoms. The second-order valence-corrected chi connectivity index (χ2v) is 9.92. The van der Waals surface area contributed by atoms with Gasteiger partial charge in [0.15, 0.2) is 0 Å². The Morgan fingerprint density at radius 1 is 0.912 bits per heavy atom. The summed E-state index contributed by atoms with van der Waals surface area (Å²) in [7, 11) is -0.950. The van der Waals surface area contributed by atoms with Gasteiger partial charge < -0.3 is 15.4 Å². The minimum Gasteiger partial charge on any atom is -0.495 e. The van der Waals surface area contributed by atoms with E-state index >= 15 is 0 Å². The lowest BCUT2D eigenvalue weighted by Gasteiger charge is -2.21. The molecule has 0 heterocycles. The van der Waals surface area contributed by atoms with E-state index in [1.54, 1.807) is 48.5 Å². The minimum absolute atomic E-state index is 0.0381. The van der Waals surface area contributed by atoms with Gasteiger partial charge in [-0.1, -0.05) is 18.2 Å². The van der Waals surface area contributed by atoms with Gasteiger partial charge in [-0.2, -0.15) is 0 Å². The number of nitrogens with one attached hydrogen (secondary N) is 2.